The lowest BCUT2D eigenvalue weighted by Crippen LogP contribution is -2.15. The molecule has 0 saturated heterocycles. The van der Waals surface area contributed by atoms with E-state index in [4.69, 9.17) is 14.2 Å². The number of phenolic OH excluding ortho intramolecular Hbond substituents is 1. The van der Waals surface area contributed by atoms with Crippen LogP contribution < -0.4 is 4.74 Å². The molecule has 0 spiro atoms. The molecule has 1 aliphatic carbocycles. The molecule has 0 heterocycles. The molecule has 1 aliphatic rings. The number of esters is 2. The SMILES string of the molecule is CCOC(=O)CCc1ccc(O)c(-c2cc(CCC(=O)OCC)ccc2OCC2CCCCC2)c1. The van der Waals surface area contributed by atoms with Crippen molar-refractivity contribution in [1.82, 2.24) is 0 Å². The third-order valence-electron chi connectivity index (χ3n) is 6.44. The third-order valence-corrected chi connectivity index (χ3v) is 6.44. The number of hydrogen-bond acceptors (Lipinski definition) is 6. The van der Waals surface area contributed by atoms with E-state index in [-0.39, 0.29) is 24.1 Å². The van der Waals surface area contributed by atoms with Crippen LogP contribution in [0, 0.1) is 5.92 Å². The van der Waals surface area contributed by atoms with Gasteiger partial charge in [-0.2, -0.15) is 0 Å². The molecule has 0 amide bonds. The molecular formula is C29H38O6. The summed E-state index contributed by atoms with van der Waals surface area (Å²) in [5, 5.41) is 10.7. The zero-order chi connectivity index (χ0) is 25.0. The van der Waals surface area contributed by atoms with Crippen LogP contribution in [0.2, 0.25) is 0 Å². The van der Waals surface area contributed by atoms with E-state index >= 15 is 0 Å². The predicted octanol–water partition coefficient (Wildman–Crippen LogP) is 6.01. The van der Waals surface area contributed by atoms with Crippen LogP contribution in [0.5, 0.6) is 11.5 Å². The van der Waals surface area contributed by atoms with Gasteiger partial charge in [0.05, 0.1) is 19.8 Å². The maximum absolute atomic E-state index is 11.9. The Balaban J connectivity index is 1.85. The summed E-state index contributed by atoms with van der Waals surface area (Å²) in [5.41, 5.74) is 3.34. The van der Waals surface area contributed by atoms with E-state index in [0.29, 0.717) is 56.3 Å². The van der Waals surface area contributed by atoms with Crippen molar-refractivity contribution in [2.75, 3.05) is 19.8 Å². The second kappa shape index (κ2) is 13.8. The molecule has 0 bridgehead atoms. The Morgan fingerprint density at radius 3 is 2.00 bits per heavy atom. The molecule has 3 rings (SSSR count). The second-order valence-corrected chi connectivity index (χ2v) is 9.11. The Morgan fingerprint density at radius 1 is 0.829 bits per heavy atom. The number of aryl methyl sites for hydroxylation is 2. The van der Waals surface area contributed by atoms with Crippen LogP contribution in [-0.2, 0) is 31.9 Å². The van der Waals surface area contributed by atoms with Crippen molar-refractivity contribution in [1.29, 1.82) is 0 Å². The molecule has 2 aromatic rings. The number of ether oxygens (including phenoxy) is 3. The van der Waals surface area contributed by atoms with Crippen LogP contribution in [-0.4, -0.2) is 36.9 Å². The lowest BCUT2D eigenvalue weighted by molar-refractivity contribution is -0.144. The first-order valence-corrected chi connectivity index (χ1v) is 12.9. The molecule has 0 aromatic heterocycles. The minimum atomic E-state index is -0.236. The van der Waals surface area contributed by atoms with E-state index in [1.165, 1.54) is 32.1 Å². The van der Waals surface area contributed by atoms with Crippen molar-refractivity contribution < 1.29 is 28.9 Å². The number of hydrogen-bond donors (Lipinski definition) is 1. The highest BCUT2D eigenvalue weighted by Gasteiger charge is 2.18. The van der Waals surface area contributed by atoms with Crippen LogP contribution in [0.1, 0.15) is 69.9 Å². The topological polar surface area (TPSA) is 82.1 Å². The van der Waals surface area contributed by atoms with Gasteiger partial charge >= 0.3 is 11.9 Å². The maximum Gasteiger partial charge on any atom is 0.306 e. The van der Waals surface area contributed by atoms with E-state index in [0.717, 1.165) is 16.7 Å². The van der Waals surface area contributed by atoms with E-state index in [2.05, 4.69) is 0 Å². The average Bonchev–Trinajstić information content (AvgIpc) is 2.87. The summed E-state index contributed by atoms with van der Waals surface area (Å²) >= 11 is 0. The molecule has 0 aliphatic heterocycles. The average molecular weight is 483 g/mol. The molecule has 1 saturated carbocycles. The fourth-order valence-corrected chi connectivity index (χ4v) is 4.54. The first kappa shape index (κ1) is 26.6. The van der Waals surface area contributed by atoms with Gasteiger partial charge < -0.3 is 19.3 Å². The van der Waals surface area contributed by atoms with Gasteiger partial charge in [0.25, 0.3) is 0 Å². The van der Waals surface area contributed by atoms with Gasteiger partial charge in [0, 0.05) is 24.0 Å². The molecule has 1 fully saturated rings. The summed E-state index contributed by atoms with van der Waals surface area (Å²) in [6, 6.07) is 11.3. The van der Waals surface area contributed by atoms with Crippen molar-refractivity contribution in [3.63, 3.8) is 0 Å². The number of carbonyl (C=O) groups is 2. The molecule has 190 valence electrons. The fourth-order valence-electron chi connectivity index (χ4n) is 4.54. The minimum Gasteiger partial charge on any atom is -0.507 e. The van der Waals surface area contributed by atoms with E-state index in [1.807, 2.05) is 30.3 Å². The summed E-state index contributed by atoms with van der Waals surface area (Å²) in [6.07, 6.45) is 7.79. The summed E-state index contributed by atoms with van der Waals surface area (Å²) < 4.78 is 16.4. The van der Waals surface area contributed by atoms with Gasteiger partial charge in [-0.3, -0.25) is 9.59 Å². The number of carbonyl (C=O) groups excluding carboxylic acids is 2. The zero-order valence-electron chi connectivity index (χ0n) is 21.0. The Bertz CT molecular complexity index is 977. The molecule has 6 heteroatoms. The molecular weight excluding hydrogens is 444 g/mol. The maximum atomic E-state index is 11.9. The van der Waals surface area contributed by atoms with Gasteiger partial charge in [0.15, 0.2) is 0 Å². The Hall–Kier alpha value is -3.02. The molecule has 1 N–H and O–H groups in total. The van der Waals surface area contributed by atoms with Crippen molar-refractivity contribution >= 4 is 11.9 Å². The first-order valence-electron chi connectivity index (χ1n) is 12.9. The zero-order valence-corrected chi connectivity index (χ0v) is 21.0. The molecule has 2 aromatic carbocycles. The summed E-state index contributed by atoms with van der Waals surface area (Å²) in [4.78, 5) is 23.7. The summed E-state index contributed by atoms with van der Waals surface area (Å²) in [5.74, 6) is 0.947. The van der Waals surface area contributed by atoms with Gasteiger partial charge in [0.2, 0.25) is 0 Å². The van der Waals surface area contributed by atoms with Crippen LogP contribution in [0.15, 0.2) is 36.4 Å². The van der Waals surface area contributed by atoms with Crippen LogP contribution in [0.3, 0.4) is 0 Å². The quantitative estimate of drug-likeness (QED) is 0.373. The molecule has 0 radical (unpaired) electrons. The van der Waals surface area contributed by atoms with Crippen LogP contribution in [0.4, 0.5) is 0 Å². The minimum absolute atomic E-state index is 0.148. The van der Waals surface area contributed by atoms with E-state index in [9.17, 15) is 14.7 Å². The van der Waals surface area contributed by atoms with Gasteiger partial charge in [-0.15, -0.1) is 0 Å². The Labute approximate surface area is 208 Å². The monoisotopic (exact) mass is 482 g/mol. The van der Waals surface area contributed by atoms with Crippen molar-refractivity contribution in [2.24, 2.45) is 5.92 Å². The summed E-state index contributed by atoms with van der Waals surface area (Å²) in [6.45, 7) is 4.97. The van der Waals surface area contributed by atoms with Crippen molar-refractivity contribution in [3.8, 4) is 22.6 Å². The molecule has 0 atom stereocenters. The fraction of sp³-hybridized carbons (Fsp3) is 0.517. The number of aromatic hydroxyl groups is 1. The number of phenols is 1. The summed E-state index contributed by atoms with van der Waals surface area (Å²) in [7, 11) is 0. The highest BCUT2D eigenvalue weighted by molar-refractivity contribution is 5.77. The highest BCUT2D eigenvalue weighted by atomic mass is 16.5. The third kappa shape index (κ3) is 8.30. The number of benzene rings is 2. The van der Waals surface area contributed by atoms with Crippen molar-refractivity contribution in [3.05, 3.63) is 47.5 Å². The van der Waals surface area contributed by atoms with E-state index < -0.39 is 0 Å². The normalized spacial score (nSPS) is 13.9. The highest BCUT2D eigenvalue weighted by Crippen LogP contribution is 2.38. The van der Waals surface area contributed by atoms with Gasteiger partial charge in [-0.05, 0) is 80.8 Å². The van der Waals surface area contributed by atoms with Gasteiger partial charge in [-0.25, -0.2) is 0 Å². The molecule has 35 heavy (non-hydrogen) atoms. The van der Waals surface area contributed by atoms with Crippen LogP contribution >= 0.6 is 0 Å². The lowest BCUT2D eigenvalue weighted by Gasteiger charge is -2.23. The standard InChI is InChI=1S/C29H38O6/c1-3-33-28(31)16-12-21-10-14-26(30)24(18-21)25-19-22(13-17-29(32)34-4-2)11-15-27(25)35-20-23-8-6-5-7-9-23/h10-11,14-15,18-19,23,30H,3-9,12-13,16-17,20H2,1-2H3. The van der Waals surface area contributed by atoms with Crippen molar-refractivity contribution in [2.45, 2.75) is 71.6 Å². The lowest BCUT2D eigenvalue weighted by atomic mass is 9.90. The smallest absolute Gasteiger partial charge is 0.306 e. The van der Waals surface area contributed by atoms with Gasteiger partial charge in [-0.1, -0.05) is 31.4 Å². The number of rotatable bonds is 12. The van der Waals surface area contributed by atoms with Crippen LogP contribution in [0.25, 0.3) is 11.1 Å². The Kier molecular flexibility index (Phi) is 10.5. The largest absolute Gasteiger partial charge is 0.507 e. The molecule has 0 unspecified atom stereocenters. The van der Waals surface area contributed by atoms with E-state index in [1.54, 1.807) is 19.9 Å². The van der Waals surface area contributed by atoms with Gasteiger partial charge in [0.1, 0.15) is 11.5 Å². The predicted molar refractivity (Wildman–Crippen MR) is 136 cm³/mol. The Morgan fingerprint density at radius 2 is 1.40 bits per heavy atom. The first-order chi connectivity index (χ1) is 17.0. The second-order valence-electron chi connectivity index (χ2n) is 9.11. The molecule has 6 nitrogen and oxygen atoms in total.